The van der Waals surface area contributed by atoms with Gasteiger partial charge in [-0.05, 0) is 48.9 Å². The average Bonchev–Trinajstić information content (AvgIpc) is 2.69. The van der Waals surface area contributed by atoms with Crippen LogP contribution in [0.15, 0.2) is 48.5 Å². The Hall–Kier alpha value is -2.33. The molecule has 2 N–H and O–H groups in total. The van der Waals surface area contributed by atoms with Crippen molar-refractivity contribution in [2.45, 2.75) is 32.2 Å². The number of benzene rings is 2. The summed E-state index contributed by atoms with van der Waals surface area (Å²) in [6, 6.07) is 17.3. The fraction of sp³-hybridized carbons (Fsp3) is 0.435. The van der Waals surface area contributed by atoms with Crippen molar-refractivity contribution in [3.8, 4) is 0 Å². The van der Waals surface area contributed by atoms with Crippen LogP contribution in [0.4, 0.5) is 5.69 Å². The van der Waals surface area contributed by atoms with Gasteiger partial charge in [-0.2, -0.15) is 0 Å². The SMILES string of the molecule is Cc1ccccc1N1CC[NH+](CC(=O)N[C@@H]2CCCc3ccccc32)CC1. The highest BCUT2D eigenvalue weighted by Gasteiger charge is 2.26. The van der Waals surface area contributed by atoms with Gasteiger partial charge in [-0.3, -0.25) is 4.79 Å². The molecule has 1 heterocycles. The van der Waals surface area contributed by atoms with E-state index < -0.39 is 0 Å². The lowest BCUT2D eigenvalue weighted by Crippen LogP contribution is -3.16. The highest BCUT2D eigenvalue weighted by molar-refractivity contribution is 5.77. The standard InChI is InChI=1S/C23H29N3O/c1-18-7-2-5-12-22(18)26-15-13-25(14-16-26)17-23(27)24-21-11-6-9-19-8-3-4-10-20(19)21/h2-5,7-8,10,12,21H,6,9,11,13-17H2,1H3,(H,24,27)/p+1/t21-/m1/s1. The fourth-order valence-corrected chi connectivity index (χ4v) is 4.54. The van der Waals surface area contributed by atoms with Crippen LogP contribution in [0.3, 0.4) is 0 Å². The van der Waals surface area contributed by atoms with Crippen LogP contribution in [0, 0.1) is 6.92 Å². The molecule has 2 aromatic rings. The molecule has 0 unspecified atom stereocenters. The van der Waals surface area contributed by atoms with Gasteiger partial charge in [-0.15, -0.1) is 0 Å². The minimum atomic E-state index is 0.190. The van der Waals surface area contributed by atoms with Crippen molar-refractivity contribution >= 4 is 11.6 Å². The van der Waals surface area contributed by atoms with E-state index in [2.05, 4.69) is 65.7 Å². The molecule has 1 fully saturated rings. The molecule has 4 rings (SSSR count). The Morgan fingerprint density at radius 1 is 1.11 bits per heavy atom. The van der Waals surface area contributed by atoms with Crippen LogP contribution in [0.5, 0.6) is 0 Å². The Morgan fingerprint density at radius 2 is 1.85 bits per heavy atom. The van der Waals surface area contributed by atoms with Gasteiger partial charge in [0, 0.05) is 5.69 Å². The van der Waals surface area contributed by atoms with Crippen molar-refractivity contribution in [2.24, 2.45) is 0 Å². The van der Waals surface area contributed by atoms with Gasteiger partial charge in [-0.1, -0.05) is 42.5 Å². The third kappa shape index (κ3) is 4.16. The summed E-state index contributed by atoms with van der Waals surface area (Å²) in [5, 5.41) is 3.30. The summed E-state index contributed by atoms with van der Waals surface area (Å²) in [5.41, 5.74) is 5.37. The van der Waals surface area contributed by atoms with Crippen molar-refractivity contribution in [3.05, 3.63) is 65.2 Å². The molecule has 27 heavy (non-hydrogen) atoms. The first-order valence-electron chi connectivity index (χ1n) is 10.2. The van der Waals surface area contributed by atoms with Crippen LogP contribution >= 0.6 is 0 Å². The van der Waals surface area contributed by atoms with E-state index in [0.29, 0.717) is 6.54 Å². The number of amides is 1. The maximum atomic E-state index is 12.6. The normalized spacial score (nSPS) is 20.2. The predicted octanol–water partition coefficient (Wildman–Crippen LogP) is 1.89. The van der Waals surface area contributed by atoms with Gasteiger partial charge in [0.1, 0.15) is 0 Å². The Labute approximate surface area is 162 Å². The second kappa shape index (κ2) is 8.13. The zero-order valence-corrected chi connectivity index (χ0v) is 16.2. The van der Waals surface area contributed by atoms with E-state index in [-0.39, 0.29) is 11.9 Å². The molecule has 142 valence electrons. The molecule has 1 aliphatic heterocycles. The molecule has 2 aliphatic rings. The number of nitrogens with zero attached hydrogens (tertiary/aromatic N) is 1. The van der Waals surface area contributed by atoms with E-state index in [4.69, 9.17) is 0 Å². The fourth-order valence-electron chi connectivity index (χ4n) is 4.54. The lowest BCUT2D eigenvalue weighted by atomic mass is 9.88. The van der Waals surface area contributed by atoms with Crippen molar-refractivity contribution < 1.29 is 9.69 Å². The minimum absolute atomic E-state index is 0.190. The molecule has 2 aromatic carbocycles. The maximum Gasteiger partial charge on any atom is 0.275 e. The number of nitrogens with one attached hydrogen (secondary N) is 2. The number of hydrogen-bond acceptors (Lipinski definition) is 2. The molecule has 0 radical (unpaired) electrons. The topological polar surface area (TPSA) is 36.8 Å². The average molecular weight is 365 g/mol. The number of anilines is 1. The Kier molecular flexibility index (Phi) is 5.44. The summed E-state index contributed by atoms with van der Waals surface area (Å²) in [5.74, 6) is 0.191. The van der Waals surface area contributed by atoms with Crippen molar-refractivity contribution in [2.75, 3.05) is 37.6 Å². The summed E-state index contributed by atoms with van der Waals surface area (Å²) >= 11 is 0. The molecule has 1 saturated heterocycles. The first-order valence-corrected chi connectivity index (χ1v) is 10.2. The number of hydrogen-bond donors (Lipinski definition) is 2. The number of carbonyl (C=O) groups is 1. The number of rotatable bonds is 4. The van der Waals surface area contributed by atoms with Gasteiger partial charge in [0.25, 0.3) is 5.91 Å². The Balaban J connectivity index is 1.30. The van der Waals surface area contributed by atoms with E-state index in [1.165, 1.54) is 27.3 Å². The van der Waals surface area contributed by atoms with E-state index in [1.54, 1.807) is 0 Å². The molecule has 0 aromatic heterocycles. The summed E-state index contributed by atoms with van der Waals surface area (Å²) in [6.07, 6.45) is 3.34. The number of piperazine rings is 1. The van der Waals surface area contributed by atoms with Crippen LogP contribution in [-0.2, 0) is 11.2 Å². The largest absolute Gasteiger partial charge is 0.360 e. The third-order valence-corrected chi connectivity index (χ3v) is 6.04. The molecule has 4 nitrogen and oxygen atoms in total. The molecule has 1 amide bonds. The molecule has 0 spiro atoms. The minimum Gasteiger partial charge on any atom is -0.360 e. The van der Waals surface area contributed by atoms with E-state index in [0.717, 1.165) is 45.4 Å². The maximum absolute atomic E-state index is 12.6. The number of carbonyl (C=O) groups excluding carboxylic acids is 1. The van der Waals surface area contributed by atoms with Crippen LogP contribution in [0.25, 0.3) is 0 Å². The van der Waals surface area contributed by atoms with Crippen molar-refractivity contribution in [1.82, 2.24) is 5.32 Å². The lowest BCUT2D eigenvalue weighted by Gasteiger charge is -2.34. The van der Waals surface area contributed by atoms with E-state index in [1.807, 2.05) is 0 Å². The highest BCUT2D eigenvalue weighted by Crippen LogP contribution is 2.29. The van der Waals surface area contributed by atoms with Gasteiger partial charge in [0.2, 0.25) is 0 Å². The smallest absolute Gasteiger partial charge is 0.275 e. The van der Waals surface area contributed by atoms with Crippen LogP contribution < -0.4 is 15.1 Å². The van der Waals surface area contributed by atoms with Crippen LogP contribution in [-0.4, -0.2) is 38.6 Å². The quantitative estimate of drug-likeness (QED) is 0.869. The number of para-hydroxylation sites is 1. The molecule has 1 aliphatic carbocycles. The summed E-state index contributed by atoms with van der Waals surface area (Å²) < 4.78 is 0. The number of fused-ring (bicyclic) bond motifs is 1. The number of quaternary nitrogens is 1. The number of aryl methyl sites for hydroxylation is 2. The van der Waals surface area contributed by atoms with Crippen LogP contribution in [0.2, 0.25) is 0 Å². The zero-order chi connectivity index (χ0) is 18.6. The third-order valence-electron chi connectivity index (χ3n) is 6.04. The molecular weight excluding hydrogens is 334 g/mol. The molecule has 0 saturated carbocycles. The lowest BCUT2D eigenvalue weighted by molar-refractivity contribution is -0.892. The van der Waals surface area contributed by atoms with Gasteiger partial charge in [-0.25, -0.2) is 0 Å². The first-order chi connectivity index (χ1) is 13.2. The zero-order valence-electron chi connectivity index (χ0n) is 16.2. The molecule has 4 heteroatoms. The molecule has 1 atom stereocenters. The van der Waals surface area contributed by atoms with Crippen LogP contribution in [0.1, 0.15) is 35.6 Å². The second-order valence-corrected chi connectivity index (χ2v) is 7.91. The van der Waals surface area contributed by atoms with Crippen molar-refractivity contribution in [1.29, 1.82) is 0 Å². The summed E-state index contributed by atoms with van der Waals surface area (Å²) in [7, 11) is 0. The Morgan fingerprint density at radius 3 is 2.67 bits per heavy atom. The van der Waals surface area contributed by atoms with Gasteiger partial charge < -0.3 is 15.1 Å². The first kappa shape index (κ1) is 18.1. The van der Waals surface area contributed by atoms with E-state index in [9.17, 15) is 4.79 Å². The van der Waals surface area contributed by atoms with Gasteiger partial charge in [0.05, 0.1) is 32.2 Å². The highest BCUT2D eigenvalue weighted by atomic mass is 16.2. The molecular formula is C23H30N3O+. The predicted molar refractivity (Wildman–Crippen MR) is 109 cm³/mol. The van der Waals surface area contributed by atoms with Gasteiger partial charge in [0.15, 0.2) is 6.54 Å². The Bertz CT molecular complexity index is 796. The molecule has 0 bridgehead atoms. The van der Waals surface area contributed by atoms with Gasteiger partial charge >= 0.3 is 0 Å². The van der Waals surface area contributed by atoms with Crippen molar-refractivity contribution in [3.63, 3.8) is 0 Å². The summed E-state index contributed by atoms with van der Waals surface area (Å²) in [6.45, 7) is 6.82. The van der Waals surface area contributed by atoms with E-state index >= 15 is 0 Å². The monoisotopic (exact) mass is 364 g/mol. The second-order valence-electron chi connectivity index (χ2n) is 7.91. The summed E-state index contributed by atoms with van der Waals surface area (Å²) in [4.78, 5) is 16.5.